The number of nitrogens with one attached hydrogen (secondary N) is 1. The first-order valence-corrected chi connectivity index (χ1v) is 8.85. The molecule has 7 heteroatoms. The van der Waals surface area contributed by atoms with E-state index in [2.05, 4.69) is 14.8 Å². The van der Waals surface area contributed by atoms with Crippen molar-refractivity contribution < 1.29 is 8.42 Å². The summed E-state index contributed by atoms with van der Waals surface area (Å²) in [6, 6.07) is 5.68. The van der Waals surface area contributed by atoms with Gasteiger partial charge in [0.2, 0.25) is 10.0 Å². The summed E-state index contributed by atoms with van der Waals surface area (Å²) >= 11 is 0. The maximum absolute atomic E-state index is 11.9. The molecule has 2 aromatic rings. The molecule has 0 aromatic carbocycles. The van der Waals surface area contributed by atoms with Crippen LogP contribution in [0.3, 0.4) is 0 Å². The smallest absolute Gasteiger partial charge is 0.214 e. The third-order valence-electron chi connectivity index (χ3n) is 3.62. The van der Waals surface area contributed by atoms with Crippen LogP contribution < -0.4 is 4.72 Å². The molecule has 0 aliphatic rings. The van der Waals surface area contributed by atoms with Gasteiger partial charge in [0.25, 0.3) is 0 Å². The average molecular weight is 322 g/mol. The monoisotopic (exact) mass is 322 g/mol. The Labute approximate surface area is 131 Å². The Hall–Kier alpha value is -1.73. The summed E-state index contributed by atoms with van der Waals surface area (Å²) in [5.41, 5.74) is 2.76. The molecular formula is C15H22N4O2S. The van der Waals surface area contributed by atoms with Crippen LogP contribution in [-0.4, -0.2) is 28.4 Å². The lowest BCUT2D eigenvalue weighted by Crippen LogP contribution is -2.31. The van der Waals surface area contributed by atoms with Gasteiger partial charge in [0.05, 0.1) is 10.9 Å². The van der Waals surface area contributed by atoms with Crippen molar-refractivity contribution in [1.82, 2.24) is 19.5 Å². The molecule has 1 unspecified atom stereocenters. The minimum absolute atomic E-state index is 0.247. The number of aromatic nitrogens is 3. The molecule has 0 amide bonds. The first-order chi connectivity index (χ1) is 10.3. The predicted molar refractivity (Wildman–Crippen MR) is 86.3 cm³/mol. The Kier molecular flexibility index (Phi) is 4.97. The Morgan fingerprint density at radius 1 is 1.32 bits per heavy atom. The number of pyridine rings is 1. The van der Waals surface area contributed by atoms with Crippen LogP contribution in [0.25, 0.3) is 5.82 Å². The minimum atomic E-state index is -3.27. The van der Waals surface area contributed by atoms with Gasteiger partial charge in [-0.1, -0.05) is 13.0 Å². The van der Waals surface area contributed by atoms with Gasteiger partial charge in [0.1, 0.15) is 0 Å². The van der Waals surface area contributed by atoms with E-state index in [-0.39, 0.29) is 6.54 Å². The normalized spacial score (nSPS) is 13.3. The zero-order chi connectivity index (χ0) is 16.3. The lowest BCUT2D eigenvalue weighted by atomic mass is 10.3. The Morgan fingerprint density at radius 2 is 2.05 bits per heavy atom. The van der Waals surface area contributed by atoms with E-state index >= 15 is 0 Å². The molecule has 2 rings (SSSR count). The fraction of sp³-hybridized carbons (Fsp3) is 0.467. The molecule has 2 heterocycles. The fourth-order valence-corrected chi connectivity index (χ4v) is 3.14. The zero-order valence-corrected chi connectivity index (χ0v) is 14.2. The molecule has 0 radical (unpaired) electrons. The molecule has 0 bridgehead atoms. The number of nitrogens with zero attached hydrogens (tertiary/aromatic N) is 3. The quantitative estimate of drug-likeness (QED) is 0.883. The molecule has 6 nitrogen and oxygen atoms in total. The maximum atomic E-state index is 11.9. The van der Waals surface area contributed by atoms with Crippen LogP contribution in [0.2, 0.25) is 0 Å². The second-order valence-corrected chi connectivity index (χ2v) is 7.63. The number of hydrogen-bond donors (Lipinski definition) is 1. The van der Waals surface area contributed by atoms with Crippen LogP contribution in [0, 0.1) is 13.8 Å². The van der Waals surface area contributed by atoms with Crippen LogP contribution in [0.5, 0.6) is 0 Å². The molecular weight excluding hydrogens is 300 g/mol. The summed E-state index contributed by atoms with van der Waals surface area (Å²) in [4.78, 5) is 4.35. The topological polar surface area (TPSA) is 76.9 Å². The number of aryl methyl sites for hydroxylation is 2. The molecule has 0 saturated carbocycles. The third-order valence-corrected chi connectivity index (χ3v) is 5.56. The van der Waals surface area contributed by atoms with Crippen LogP contribution in [0.1, 0.15) is 37.2 Å². The fourth-order valence-electron chi connectivity index (χ4n) is 2.05. The van der Waals surface area contributed by atoms with Crippen molar-refractivity contribution >= 4 is 10.0 Å². The summed E-state index contributed by atoms with van der Waals surface area (Å²) in [6.45, 7) is 7.70. The molecule has 0 fully saturated rings. The van der Waals surface area contributed by atoms with Crippen LogP contribution >= 0.6 is 0 Å². The standard InChI is InChI=1S/C15H22N4O2S/c1-5-13(4)22(20,21)17-10-14-6-7-15(16-9-14)19-12(3)8-11(2)18-19/h6-9,13,17H,5,10H2,1-4H3. The predicted octanol–water partition coefficient (Wildman–Crippen LogP) is 2.10. The van der Waals surface area contributed by atoms with Gasteiger partial charge in [-0.15, -0.1) is 0 Å². The Bertz CT molecular complexity index is 735. The van der Waals surface area contributed by atoms with Gasteiger partial charge in [-0.3, -0.25) is 0 Å². The van der Waals surface area contributed by atoms with E-state index in [1.54, 1.807) is 17.8 Å². The minimum Gasteiger partial charge on any atom is -0.237 e. The molecule has 22 heavy (non-hydrogen) atoms. The lowest BCUT2D eigenvalue weighted by Gasteiger charge is -2.12. The van der Waals surface area contributed by atoms with E-state index in [9.17, 15) is 8.42 Å². The highest BCUT2D eigenvalue weighted by molar-refractivity contribution is 7.90. The first kappa shape index (κ1) is 16.6. The molecule has 1 N–H and O–H groups in total. The Balaban J connectivity index is 2.08. The first-order valence-electron chi connectivity index (χ1n) is 7.30. The second kappa shape index (κ2) is 6.58. The van der Waals surface area contributed by atoms with Gasteiger partial charge in [0.15, 0.2) is 5.82 Å². The zero-order valence-electron chi connectivity index (χ0n) is 13.4. The van der Waals surface area contributed by atoms with Crippen LogP contribution in [0.4, 0.5) is 0 Å². The summed E-state index contributed by atoms with van der Waals surface area (Å²) in [6.07, 6.45) is 2.26. The molecule has 0 aliphatic carbocycles. The largest absolute Gasteiger partial charge is 0.237 e. The van der Waals surface area contributed by atoms with Crippen molar-refractivity contribution in [2.45, 2.75) is 45.9 Å². The van der Waals surface area contributed by atoms with Gasteiger partial charge in [-0.2, -0.15) is 5.10 Å². The highest BCUT2D eigenvalue weighted by atomic mass is 32.2. The van der Waals surface area contributed by atoms with Crippen LogP contribution in [0.15, 0.2) is 24.4 Å². The number of hydrogen-bond acceptors (Lipinski definition) is 4. The van der Waals surface area contributed by atoms with Gasteiger partial charge in [-0.05, 0) is 44.9 Å². The molecule has 2 aromatic heterocycles. The van der Waals surface area contributed by atoms with Gasteiger partial charge in [0, 0.05) is 18.4 Å². The van der Waals surface area contributed by atoms with Crippen molar-refractivity contribution in [3.63, 3.8) is 0 Å². The van der Waals surface area contributed by atoms with E-state index in [4.69, 9.17) is 0 Å². The van der Waals surface area contributed by atoms with E-state index < -0.39 is 15.3 Å². The van der Waals surface area contributed by atoms with Gasteiger partial charge >= 0.3 is 0 Å². The van der Waals surface area contributed by atoms with Crippen molar-refractivity contribution in [1.29, 1.82) is 0 Å². The Morgan fingerprint density at radius 3 is 2.55 bits per heavy atom. The summed E-state index contributed by atoms with van der Waals surface area (Å²) < 4.78 is 28.2. The summed E-state index contributed by atoms with van der Waals surface area (Å²) in [7, 11) is -3.27. The third kappa shape index (κ3) is 3.72. The molecule has 120 valence electrons. The van der Waals surface area contributed by atoms with E-state index in [1.807, 2.05) is 39.0 Å². The van der Waals surface area contributed by atoms with Crippen molar-refractivity contribution in [2.75, 3.05) is 0 Å². The summed E-state index contributed by atoms with van der Waals surface area (Å²) in [5.74, 6) is 0.721. The average Bonchev–Trinajstić information content (AvgIpc) is 2.83. The van der Waals surface area contributed by atoms with Crippen LogP contribution in [-0.2, 0) is 16.6 Å². The van der Waals surface area contributed by atoms with E-state index in [0.717, 1.165) is 22.8 Å². The maximum Gasteiger partial charge on any atom is 0.214 e. The molecule has 1 atom stereocenters. The van der Waals surface area contributed by atoms with E-state index in [1.165, 1.54) is 0 Å². The molecule has 0 spiro atoms. The van der Waals surface area contributed by atoms with Gasteiger partial charge in [-0.25, -0.2) is 22.8 Å². The molecule has 0 saturated heterocycles. The van der Waals surface area contributed by atoms with Crippen molar-refractivity contribution in [3.8, 4) is 5.82 Å². The highest BCUT2D eigenvalue weighted by Gasteiger charge is 2.18. The highest BCUT2D eigenvalue weighted by Crippen LogP contribution is 2.11. The lowest BCUT2D eigenvalue weighted by molar-refractivity contribution is 0.565. The molecule has 0 aliphatic heterocycles. The number of sulfonamides is 1. The summed E-state index contributed by atoms with van der Waals surface area (Å²) in [5, 5.41) is 3.98. The van der Waals surface area contributed by atoms with Crippen molar-refractivity contribution in [3.05, 3.63) is 41.3 Å². The number of rotatable bonds is 6. The van der Waals surface area contributed by atoms with Gasteiger partial charge < -0.3 is 0 Å². The SMILES string of the molecule is CCC(C)S(=O)(=O)NCc1ccc(-n2nc(C)cc2C)nc1. The van der Waals surface area contributed by atoms with Crippen molar-refractivity contribution in [2.24, 2.45) is 0 Å². The second-order valence-electron chi connectivity index (χ2n) is 5.45. The van der Waals surface area contributed by atoms with E-state index in [0.29, 0.717) is 6.42 Å².